The van der Waals surface area contributed by atoms with Crippen LogP contribution in [-0.2, 0) is 4.57 Å². The van der Waals surface area contributed by atoms with Crippen LogP contribution >= 0.6 is 7.60 Å². The summed E-state index contributed by atoms with van der Waals surface area (Å²) < 4.78 is 9.69. The summed E-state index contributed by atoms with van der Waals surface area (Å²) >= 11 is 1.45. The second kappa shape index (κ2) is 2.13. The summed E-state index contributed by atoms with van der Waals surface area (Å²) in [5, 5.41) is 0. The molecule has 0 aromatic heterocycles. The van der Waals surface area contributed by atoms with Crippen LogP contribution in [-0.4, -0.2) is 31.6 Å². The average molecular weight is 171 g/mol. The van der Waals surface area contributed by atoms with Crippen LogP contribution in [0.1, 0.15) is 0 Å². The van der Waals surface area contributed by atoms with Gasteiger partial charge in [0.1, 0.15) is 0 Å². The fraction of sp³-hybridized carbons (Fsp3) is 1.00. The molecule has 0 rings (SSSR count). The quantitative estimate of drug-likeness (QED) is 0.393. The van der Waals surface area contributed by atoms with E-state index in [4.69, 9.17) is 9.79 Å². The van der Waals surface area contributed by atoms with Crippen LogP contribution in [0.4, 0.5) is 0 Å². The van der Waals surface area contributed by atoms with Gasteiger partial charge < -0.3 is 0 Å². The van der Waals surface area contributed by atoms with Crippen LogP contribution in [0.15, 0.2) is 0 Å². The predicted molar refractivity (Wildman–Crippen MR) is 24.1 cm³/mol. The summed E-state index contributed by atoms with van der Waals surface area (Å²) in [6, 6.07) is 0. The number of rotatable bonds is 1. The maximum atomic E-state index is 9.69. The Labute approximate surface area is 44.4 Å². The molecule has 0 aromatic rings. The Morgan fingerprint density at radius 3 is 1.83 bits per heavy atom. The molecule has 0 aromatic carbocycles. The molecule has 0 atom stereocenters. The molecule has 0 fully saturated rings. The van der Waals surface area contributed by atoms with Gasteiger partial charge in [-0.1, -0.05) is 0 Å². The molecule has 0 saturated carbocycles. The fourth-order valence-corrected chi connectivity index (χ4v) is 0. The summed E-state index contributed by atoms with van der Waals surface area (Å²) in [7, 11) is -3.65. The van der Waals surface area contributed by atoms with Gasteiger partial charge in [-0.2, -0.15) is 0 Å². The van der Waals surface area contributed by atoms with E-state index in [9.17, 15) is 4.57 Å². The summed E-state index contributed by atoms with van der Waals surface area (Å²) in [6.07, 6.45) is 0. The van der Waals surface area contributed by atoms with Crippen molar-refractivity contribution >= 4 is 24.4 Å². The molecule has 0 aliphatic rings. The molecule has 6 heavy (non-hydrogen) atoms. The van der Waals surface area contributed by atoms with E-state index in [1.54, 1.807) is 0 Å². The molecule has 2 N–H and O–H groups in total. The predicted octanol–water partition coefficient (Wildman–Crippen LogP) is -0.978. The van der Waals surface area contributed by atoms with Crippen molar-refractivity contribution in [3.8, 4) is 0 Å². The Kier molecular flexibility index (Phi) is 2.38. The van der Waals surface area contributed by atoms with Crippen LogP contribution in [0.25, 0.3) is 0 Å². The minimum atomic E-state index is -3.65. The van der Waals surface area contributed by atoms with Gasteiger partial charge in [0.2, 0.25) is 0 Å². The Bertz CT molecular complexity index is 74.9. The van der Waals surface area contributed by atoms with Crippen molar-refractivity contribution in [3.63, 3.8) is 0 Å². The van der Waals surface area contributed by atoms with Crippen molar-refractivity contribution < 1.29 is 14.4 Å². The Morgan fingerprint density at radius 1 is 1.67 bits per heavy atom. The van der Waals surface area contributed by atoms with Gasteiger partial charge in [-0.25, -0.2) is 0 Å². The summed E-state index contributed by atoms with van der Waals surface area (Å²) in [4.78, 5) is 15.8. The first kappa shape index (κ1) is 6.71. The van der Waals surface area contributed by atoms with Gasteiger partial charge in [0, 0.05) is 0 Å². The molecule has 1 radical (unpaired) electrons. The van der Waals surface area contributed by atoms with Crippen LogP contribution < -0.4 is 0 Å². The van der Waals surface area contributed by atoms with Gasteiger partial charge in [-0.05, 0) is 0 Å². The monoisotopic (exact) mass is 171 g/mol. The normalized spacial score (nSPS) is 11.8. The Hall–Kier alpha value is 0.708. The standard InChI is InChI=1S/CH5AsO3P/c2-1-6(3,4)5/h2H,1H2,(H2,3,4,5). The molecule has 0 spiro atoms. The van der Waals surface area contributed by atoms with Crippen LogP contribution in [0, 0.1) is 0 Å². The van der Waals surface area contributed by atoms with Gasteiger partial charge in [0.25, 0.3) is 0 Å². The topological polar surface area (TPSA) is 57.5 Å². The van der Waals surface area contributed by atoms with E-state index in [2.05, 4.69) is 0 Å². The molecule has 37 valence electrons. The van der Waals surface area contributed by atoms with E-state index in [0.29, 0.717) is 0 Å². The van der Waals surface area contributed by atoms with Crippen molar-refractivity contribution in [1.82, 2.24) is 0 Å². The van der Waals surface area contributed by atoms with Crippen molar-refractivity contribution in [2.24, 2.45) is 0 Å². The molecule has 0 unspecified atom stereocenters. The van der Waals surface area contributed by atoms with E-state index in [1.165, 1.54) is 16.9 Å². The van der Waals surface area contributed by atoms with Gasteiger partial charge in [0.15, 0.2) is 0 Å². The molecule has 0 aliphatic carbocycles. The first-order valence-corrected chi connectivity index (χ1v) is 4.53. The second-order valence-corrected chi connectivity index (χ2v) is 4.46. The molecule has 0 bridgehead atoms. The third-order valence-electron chi connectivity index (χ3n) is 0.206. The fourth-order valence-electron chi connectivity index (χ4n) is 0. The molecular weight excluding hydrogens is 166 g/mol. The summed E-state index contributed by atoms with van der Waals surface area (Å²) in [5.41, 5.74) is 0. The van der Waals surface area contributed by atoms with Crippen molar-refractivity contribution in [2.75, 3.05) is 4.95 Å². The van der Waals surface area contributed by atoms with Crippen molar-refractivity contribution in [3.05, 3.63) is 0 Å². The van der Waals surface area contributed by atoms with Crippen LogP contribution in [0.5, 0.6) is 0 Å². The third kappa shape index (κ3) is 4.71. The van der Waals surface area contributed by atoms with Gasteiger partial charge >= 0.3 is 43.8 Å². The van der Waals surface area contributed by atoms with E-state index < -0.39 is 7.60 Å². The average Bonchev–Trinajstić information content (AvgIpc) is 1.35. The first-order valence-electron chi connectivity index (χ1n) is 1.25. The van der Waals surface area contributed by atoms with Crippen molar-refractivity contribution in [2.45, 2.75) is 0 Å². The minimum absolute atomic E-state index is 0.0625. The maximum absolute atomic E-state index is 9.69. The number of hydrogen-bond acceptors (Lipinski definition) is 1. The molecule has 0 aliphatic heterocycles. The van der Waals surface area contributed by atoms with Gasteiger partial charge in [-0.15, -0.1) is 0 Å². The summed E-state index contributed by atoms with van der Waals surface area (Å²) in [5.74, 6) is 0. The first-order chi connectivity index (χ1) is 2.56. The molecule has 3 nitrogen and oxygen atoms in total. The zero-order chi connectivity index (χ0) is 5.21. The SMILES string of the molecule is O=P(O)(O)C[AsH]. The van der Waals surface area contributed by atoms with E-state index in [0.717, 1.165) is 0 Å². The van der Waals surface area contributed by atoms with Crippen LogP contribution in [0.3, 0.4) is 0 Å². The Morgan fingerprint density at radius 2 is 1.83 bits per heavy atom. The van der Waals surface area contributed by atoms with Gasteiger partial charge in [-0.3, -0.25) is 0 Å². The molecule has 0 heterocycles. The number of hydrogen-bond donors (Lipinski definition) is 2. The zero-order valence-corrected chi connectivity index (χ0v) is 5.95. The molecule has 5 heteroatoms. The molecule has 0 saturated heterocycles. The van der Waals surface area contributed by atoms with Crippen LogP contribution in [0.2, 0.25) is 0 Å². The van der Waals surface area contributed by atoms with Gasteiger partial charge in [0.05, 0.1) is 0 Å². The molecule has 0 amide bonds. The zero-order valence-electron chi connectivity index (χ0n) is 2.96. The van der Waals surface area contributed by atoms with E-state index in [-0.39, 0.29) is 4.95 Å². The molecular formula is CH5AsO3P. The van der Waals surface area contributed by atoms with E-state index in [1.807, 2.05) is 0 Å². The van der Waals surface area contributed by atoms with E-state index >= 15 is 0 Å². The Balaban J connectivity index is 3.48. The van der Waals surface area contributed by atoms with Crippen molar-refractivity contribution in [1.29, 1.82) is 0 Å². The summed E-state index contributed by atoms with van der Waals surface area (Å²) in [6.45, 7) is 0. The second-order valence-electron chi connectivity index (χ2n) is 0.823. The third-order valence-corrected chi connectivity index (χ3v) is 3.21.